The van der Waals surface area contributed by atoms with Crippen LogP contribution < -0.4 is 4.74 Å². The van der Waals surface area contributed by atoms with E-state index in [-0.39, 0.29) is 12.0 Å². The summed E-state index contributed by atoms with van der Waals surface area (Å²) in [5.41, 5.74) is 5.60. The Bertz CT molecular complexity index is 1490. The van der Waals surface area contributed by atoms with E-state index in [1.807, 2.05) is 79.2 Å². The first-order valence-electron chi connectivity index (χ1n) is 16.0. The van der Waals surface area contributed by atoms with Crippen LogP contribution in [0.2, 0.25) is 0 Å². The van der Waals surface area contributed by atoms with Gasteiger partial charge in [-0.05, 0) is 95.4 Å². The first-order valence-corrected chi connectivity index (χ1v) is 16.8. The number of fused-ring (bicyclic) bond motifs is 1. The third-order valence-corrected chi connectivity index (χ3v) is 10.4. The molecule has 4 heterocycles. The second kappa shape index (κ2) is 13.3. The number of carbonyl (C=O) groups is 2. The molecule has 2 amide bonds. The highest BCUT2D eigenvalue weighted by molar-refractivity contribution is 7.12. The van der Waals surface area contributed by atoms with Gasteiger partial charge >= 0.3 is 6.09 Å². The number of piperidine rings is 1. The standard InChI is InChI=1S/C36H47N3O4S/c1-8-28(27-14-17-38(18-15-27)35(41)43-36(5,6)7)32-25(4)31-30(44-32)16-19-39(34(31)40)21-29-23(2)20-24(3)37-33(29)42-22-26-12-10-9-11-13-26/h9-13,20,27-28H,8,14-19,21-22H2,1-7H3/t28-/m1/s1. The molecule has 0 spiro atoms. The minimum absolute atomic E-state index is 0.106. The number of hydrogen-bond acceptors (Lipinski definition) is 6. The Morgan fingerprint density at radius 1 is 1.09 bits per heavy atom. The van der Waals surface area contributed by atoms with Crippen molar-refractivity contribution in [1.29, 1.82) is 0 Å². The summed E-state index contributed by atoms with van der Waals surface area (Å²) < 4.78 is 11.9. The summed E-state index contributed by atoms with van der Waals surface area (Å²) in [7, 11) is 0. The van der Waals surface area contributed by atoms with Crippen LogP contribution in [0.25, 0.3) is 0 Å². The van der Waals surface area contributed by atoms with Crippen molar-refractivity contribution in [2.24, 2.45) is 5.92 Å². The van der Waals surface area contributed by atoms with Crippen LogP contribution in [0.1, 0.15) is 101 Å². The average Bonchev–Trinajstić information content (AvgIpc) is 3.31. The summed E-state index contributed by atoms with van der Waals surface area (Å²) in [5, 5.41) is 0. The normalized spacial score (nSPS) is 16.6. The van der Waals surface area contributed by atoms with Crippen molar-refractivity contribution in [3.8, 4) is 5.88 Å². The summed E-state index contributed by atoms with van der Waals surface area (Å²) in [6.07, 6.45) is 3.56. The summed E-state index contributed by atoms with van der Waals surface area (Å²) in [6.45, 7) is 17.2. The van der Waals surface area contributed by atoms with Gasteiger partial charge in [0.15, 0.2) is 0 Å². The predicted octanol–water partition coefficient (Wildman–Crippen LogP) is 7.99. The van der Waals surface area contributed by atoms with Crippen LogP contribution >= 0.6 is 11.3 Å². The number of thiophene rings is 1. The molecule has 2 aliphatic heterocycles. The van der Waals surface area contributed by atoms with Crippen LogP contribution in [0.5, 0.6) is 5.88 Å². The third kappa shape index (κ3) is 7.12. The summed E-state index contributed by atoms with van der Waals surface area (Å²) in [5.74, 6) is 1.58. The van der Waals surface area contributed by atoms with Gasteiger partial charge in [0.1, 0.15) is 12.2 Å². The van der Waals surface area contributed by atoms with Crippen molar-refractivity contribution in [1.82, 2.24) is 14.8 Å². The van der Waals surface area contributed by atoms with E-state index >= 15 is 0 Å². The van der Waals surface area contributed by atoms with E-state index in [4.69, 9.17) is 14.5 Å². The van der Waals surface area contributed by atoms with Gasteiger partial charge in [0.2, 0.25) is 5.88 Å². The monoisotopic (exact) mass is 617 g/mol. The van der Waals surface area contributed by atoms with Gasteiger partial charge in [0, 0.05) is 47.1 Å². The van der Waals surface area contributed by atoms with Gasteiger partial charge in [-0.15, -0.1) is 11.3 Å². The largest absolute Gasteiger partial charge is 0.473 e. The SMILES string of the molecule is CC[C@@H](c1sc2c(c1C)C(=O)N(Cc1c(C)cc(C)nc1OCc1ccccc1)CC2)C1CCN(C(=O)OC(C)(C)C)CC1. The van der Waals surface area contributed by atoms with Crippen LogP contribution in [-0.2, 0) is 24.3 Å². The number of amides is 2. The molecule has 0 saturated carbocycles. The Kier molecular flexibility index (Phi) is 9.68. The number of nitrogens with zero attached hydrogens (tertiary/aromatic N) is 3. The topological polar surface area (TPSA) is 72.0 Å². The predicted molar refractivity (Wildman–Crippen MR) is 176 cm³/mol. The Morgan fingerprint density at radius 2 is 1.80 bits per heavy atom. The van der Waals surface area contributed by atoms with Gasteiger partial charge < -0.3 is 19.3 Å². The number of aryl methyl sites for hydroxylation is 2. The fourth-order valence-electron chi connectivity index (χ4n) is 6.65. The van der Waals surface area contributed by atoms with Crippen molar-refractivity contribution >= 4 is 23.3 Å². The van der Waals surface area contributed by atoms with E-state index in [1.165, 1.54) is 9.75 Å². The van der Waals surface area contributed by atoms with E-state index in [0.717, 1.165) is 59.2 Å². The molecule has 5 rings (SSSR count). The molecule has 0 unspecified atom stereocenters. The maximum atomic E-state index is 14.1. The number of likely N-dealkylation sites (tertiary alicyclic amines) is 1. The zero-order valence-electron chi connectivity index (χ0n) is 27.4. The second-order valence-corrected chi connectivity index (χ2v) is 14.5. The molecule has 7 nitrogen and oxygen atoms in total. The van der Waals surface area contributed by atoms with Gasteiger partial charge in [-0.2, -0.15) is 0 Å². The molecule has 1 saturated heterocycles. The molecule has 1 atom stereocenters. The molecule has 8 heteroatoms. The van der Waals surface area contributed by atoms with E-state index in [9.17, 15) is 9.59 Å². The molecule has 3 aromatic rings. The highest BCUT2D eigenvalue weighted by atomic mass is 32.1. The molecule has 44 heavy (non-hydrogen) atoms. The van der Waals surface area contributed by atoms with E-state index in [1.54, 1.807) is 0 Å². The van der Waals surface area contributed by atoms with Gasteiger partial charge in [0.05, 0.1) is 12.1 Å². The Labute approximate surface area is 266 Å². The molecule has 1 aromatic carbocycles. The number of ether oxygens (including phenoxy) is 2. The second-order valence-electron chi connectivity index (χ2n) is 13.3. The van der Waals surface area contributed by atoms with Gasteiger partial charge in [-0.1, -0.05) is 37.3 Å². The van der Waals surface area contributed by atoms with Crippen LogP contribution in [0.4, 0.5) is 4.79 Å². The number of hydrogen-bond donors (Lipinski definition) is 0. The number of rotatable bonds is 8. The quantitative estimate of drug-likeness (QED) is 0.256. The maximum absolute atomic E-state index is 14.1. The third-order valence-electron chi connectivity index (χ3n) is 8.91. The smallest absolute Gasteiger partial charge is 0.410 e. The zero-order chi connectivity index (χ0) is 31.6. The lowest BCUT2D eigenvalue weighted by molar-refractivity contribution is 0.0173. The molecule has 236 valence electrons. The lowest BCUT2D eigenvalue weighted by atomic mass is 9.80. The molecule has 0 radical (unpaired) electrons. The van der Waals surface area contributed by atoms with Gasteiger partial charge in [-0.3, -0.25) is 4.79 Å². The van der Waals surface area contributed by atoms with Crippen molar-refractivity contribution in [3.63, 3.8) is 0 Å². The number of benzene rings is 1. The molecule has 1 fully saturated rings. The highest BCUT2D eigenvalue weighted by Gasteiger charge is 2.36. The number of carbonyl (C=O) groups excluding carboxylic acids is 2. The zero-order valence-corrected chi connectivity index (χ0v) is 28.2. The van der Waals surface area contributed by atoms with Crippen LogP contribution in [-0.4, -0.2) is 52.0 Å². The van der Waals surface area contributed by atoms with E-state index in [0.29, 0.717) is 50.5 Å². The Balaban J connectivity index is 1.30. The molecule has 0 aliphatic carbocycles. The molecule has 0 bridgehead atoms. The first-order chi connectivity index (χ1) is 20.9. The number of pyridine rings is 1. The first kappa shape index (κ1) is 32.0. The fraction of sp³-hybridized carbons (Fsp3) is 0.528. The molecule has 2 aromatic heterocycles. The number of aromatic nitrogens is 1. The van der Waals surface area contributed by atoms with Crippen LogP contribution in [0.15, 0.2) is 36.4 Å². The molecule has 2 aliphatic rings. The highest BCUT2D eigenvalue weighted by Crippen LogP contribution is 2.44. The minimum Gasteiger partial charge on any atom is -0.473 e. The van der Waals surface area contributed by atoms with Gasteiger partial charge in [0.25, 0.3) is 5.91 Å². The van der Waals surface area contributed by atoms with Crippen molar-refractivity contribution in [3.05, 3.63) is 79.7 Å². The van der Waals surface area contributed by atoms with Gasteiger partial charge in [-0.25, -0.2) is 9.78 Å². The molecule has 0 N–H and O–H groups in total. The Morgan fingerprint density at radius 3 is 2.45 bits per heavy atom. The fourth-order valence-corrected chi connectivity index (χ4v) is 8.22. The van der Waals surface area contributed by atoms with Crippen molar-refractivity contribution < 1.29 is 19.1 Å². The average molecular weight is 618 g/mol. The van der Waals surface area contributed by atoms with E-state index in [2.05, 4.69) is 26.8 Å². The van der Waals surface area contributed by atoms with Crippen molar-refractivity contribution in [2.45, 2.75) is 98.8 Å². The van der Waals surface area contributed by atoms with Crippen LogP contribution in [0, 0.1) is 26.7 Å². The van der Waals surface area contributed by atoms with Crippen LogP contribution in [0.3, 0.4) is 0 Å². The lowest BCUT2D eigenvalue weighted by Gasteiger charge is -2.36. The Hall–Kier alpha value is -3.39. The van der Waals surface area contributed by atoms with Crippen molar-refractivity contribution in [2.75, 3.05) is 19.6 Å². The lowest BCUT2D eigenvalue weighted by Crippen LogP contribution is -2.42. The maximum Gasteiger partial charge on any atom is 0.410 e. The summed E-state index contributed by atoms with van der Waals surface area (Å²) >= 11 is 1.84. The molecular weight excluding hydrogens is 570 g/mol. The summed E-state index contributed by atoms with van der Waals surface area (Å²) in [4.78, 5) is 37.8. The molecular formula is C36H47N3O4S. The minimum atomic E-state index is -0.487. The summed E-state index contributed by atoms with van der Waals surface area (Å²) in [6, 6.07) is 12.2. The van der Waals surface area contributed by atoms with E-state index < -0.39 is 5.60 Å².